The molecule has 0 saturated heterocycles. The third kappa shape index (κ3) is 6.35. The van der Waals surface area contributed by atoms with Crippen LogP contribution in [0.3, 0.4) is 0 Å². The molecule has 0 aromatic heterocycles. The van der Waals surface area contributed by atoms with E-state index in [4.69, 9.17) is 11.6 Å². The van der Waals surface area contributed by atoms with Crippen molar-refractivity contribution < 1.29 is 51.0 Å². The van der Waals surface area contributed by atoms with Gasteiger partial charge in [-0.05, 0) is 68.7 Å². The van der Waals surface area contributed by atoms with Crippen molar-refractivity contribution in [3.8, 4) is 22.3 Å². The average molecular weight is 803 g/mol. The average Bonchev–Trinajstić information content (AvgIpc) is 3.59. The number of benzene rings is 4. The smallest absolute Gasteiger partial charge is 1.00 e. The summed E-state index contributed by atoms with van der Waals surface area (Å²) in [4.78, 5) is 0. The summed E-state index contributed by atoms with van der Waals surface area (Å²) >= 11 is 7.23. The van der Waals surface area contributed by atoms with Gasteiger partial charge >= 0.3 is 26.2 Å². The predicted molar refractivity (Wildman–Crippen MR) is 206 cm³/mol. The zero-order valence-electron chi connectivity index (χ0n) is 30.8. The Hall–Kier alpha value is -1.80. The summed E-state index contributed by atoms with van der Waals surface area (Å²) in [5.41, 5.74) is 15.3. The molecule has 1 atom stereocenters. The third-order valence-electron chi connectivity index (χ3n) is 10.9. The Morgan fingerprint density at radius 1 is 0.755 bits per heavy atom. The molecule has 49 heavy (non-hydrogen) atoms. The molecule has 7 rings (SSSR count). The summed E-state index contributed by atoms with van der Waals surface area (Å²) in [7, 11) is -2.05. The summed E-state index contributed by atoms with van der Waals surface area (Å²) in [6.07, 6.45) is 2.42. The van der Waals surface area contributed by atoms with Gasteiger partial charge in [0.15, 0.2) is 0 Å². The van der Waals surface area contributed by atoms with Crippen LogP contribution >= 0.6 is 11.6 Å². The van der Waals surface area contributed by atoms with Crippen molar-refractivity contribution in [2.24, 2.45) is 0 Å². The summed E-state index contributed by atoms with van der Waals surface area (Å²) < 4.78 is 0. The second-order valence-corrected chi connectivity index (χ2v) is 21.5. The van der Waals surface area contributed by atoms with Gasteiger partial charge in [0.25, 0.3) is 0 Å². The molecule has 0 spiro atoms. The molecule has 1 aliphatic heterocycles. The first kappa shape index (κ1) is 40.0. The number of hydrogen-bond donors (Lipinski definition) is 0. The normalized spacial score (nSPS) is 15.9. The van der Waals surface area contributed by atoms with Crippen molar-refractivity contribution in [3.63, 3.8) is 0 Å². The van der Waals surface area contributed by atoms with Gasteiger partial charge in [0, 0.05) is 10.9 Å². The zero-order chi connectivity index (χ0) is 33.1. The van der Waals surface area contributed by atoms with Gasteiger partial charge in [0.2, 0.25) is 0 Å². The molecule has 253 valence electrons. The summed E-state index contributed by atoms with van der Waals surface area (Å²) in [6.45, 7) is 26.0. The van der Waals surface area contributed by atoms with Crippen molar-refractivity contribution in [1.29, 1.82) is 0 Å². The van der Waals surface area contributed by atoms with Crippen molar-refractivity contribution in [2.75, 3.05) is 0 Å². The first-order chi connectivity index (χ1) is 21.5. The maximum absolute atomic E-state index is 7.23. The maximum atomic E-state index is 7.23. The van der Waals surface area contributed by atoms with Crippen molar-refractivity contribution in [2.45, 2.75) is 98.1 Å². The minimum Gasteiger partial charge on any atom is -1.00 e. The number of fused-ring (bicyclic) bond motifs is 2. The number of rotatable bonds is 4. The molecule has 5 heteroatoms. The van der Waals surface area contributed by atoms with Crippen LogP contribution in [0.5, 0.6) is 0 Å². The molecule has 0 fully saturated rings. The first-order valence-electron chi connectivity index (χ1n) is 17.0. The van der Waals surface area contributed by atoms with Gasteiger partial charge in [0.1, 0.15) is 0 Å². The molecule has 2 bridgehead atoms. The quantitative estimate of drug-likeness (QED) is 0.156. The van der Waals surface area contributed by atoms with E-state index in [1.165, 1.54) is 66.4 Å². The van der Waals surface area contributed by atoms with E-state index < -0.39 is 8.07 Å². The molecular weight excluding hydrogens is 754 g/mol. The Morgan fingerprint density at radius 2 is 1.29 bits per heavy atom. The second kappa shape index (κ2) is 13.6. The summed E-state index contributed by atoms with van der Waals surface area (Å²) in [5.74, 6) is 0.649. The molecule has 0 nitrogen and oxygen atoms in total. The molecule has 0 amide bonds. The molecule has 5 aromatic rings. The van der Waals surface area contributed by atoms with Gasteiger partial charge in [-0.15, -0.1) is 33.7 Å². The Balaban J connectivity index is 0.00000180. The second-order valence-electron chi connectivity index (χ2n) is 16.8. The maximum Gasteiger partial charge on any atom is 3.00 e. The molecule has 1 unspecified atom stereocenters. The third-order valence-corrected chi connectivity index (χ3v) is 14.8. The molecule has 1 radical (unpaired) electrons. The first-order valence-corrected chi connectivity index (χ1v) is 20.4. The van der Waals surface area contributed by atoms with Gasteiger partial charge in [-0.1, -0.05) is 163 Å². The minimum absolute atomic E-state index is 0. The van der Waals surface area contributed by atoms with Crippen LogP contribution in [0.2, 0.25) is 18.1 Å². The SMILES string of the molecule is CC1=Cc2c(-c3ccc(C(C)(C)C)cc3)ccc(Cl)c2C1c1cc2[cH-]c(C(C)C)c3c2c(-c2ccc(C(C)(C)C)cc2)c1[Si]3(C)C.[Cl-].[Cl-].[Zr+3]. The largest absolute Gasteiger partial charge is 3.00 e. The zero-order valence-corrected chi connectivity index (χ0v) is 36.5. The van der Waals surface area contributed by atoms with Gasteiger partial charge in [-0.2, -0.15) is 0 Å². The fourth-order valence-electron chi connectivity index (χ4n) is 8.47. The Labute approximate surface area is 332 Å². The van der Waals surface area contributed by atoms with Crippen molar-refractivity contribution >= 4 is 46.9 Å². The van der Waals surface area contributed by atoms with Crippen LogP contribution in [0.15, 0.2) is 78.4 Å². The van der Waals surface area contributed by atoms with E-state index in [1.54, 1.807) is 15.9 Å². The van der Waals surface area contributed by atoms with E-state index >= 15 is 0 Å². The monoisotopic (exact) mass is 799 g/mol. The van der Waals surface area contributed by atoms with Crippen LogP contribution in [0.1, 0.15) is 108 Å². The van der Waals surface area contributed by atoms with E-state index in [9.17, 15) is 0 Å². The van der Waals surface area contributed by atoms with E-state index in [2.05, 4.69) is 154 Å². The molecule has 1 aliphatic carbocycles. The summed E-state index contributed by atoms with van der Waals surface area (Å²) in [5, 5.41) is 7.05. The predicted octanol–water partition coefficient (Wildman–Crippen LogP) is 5.95. The van der Waals surface area contributed by atoms with Crippen LogP contribution in [0.25, 0.3) is 39.1 Å². The van der Waals surface area contributed by atoms with Crippen LogP contribution in [-0.2, 0) is 37.0 Å². The number of allylic oxidation sites excluding steroid dienone is 1. The van der Waals surface area contributed by atoms with Crippen LogP contribution in [0.4, 0.5) is 0 Å². The fraction of sp³-hybridized carbons (Fsp3) is 0.341. The number of hydrogen-bond acceptors (Lipinski definition) is 0. The molecule has 0 N–H and O–H groups in total. The topological polar surface area (TPSA) is 0 Å². The van der Waals surface area contributed by atoms with Gasteiger partial charge in [0.05, 0.1) is 8.07 Å². The van der Waals surface area contributed by atoms with E-state index in [-0.39, 0.29) is 67.8 Å². The van der Waals surface area contributed by atoms with Crippen molar-refractivity contribution in [1.82, 2.24) is 0 Å². The van der Waals surface area contributed by atoms with Crippen LogP contribution in [0, 0.1) is 0 Å². The fourth-order valence-corrected chi connectivity index (χ4v) is 12.8. The molecule has 0 saturated carbocycles. The molecule has 2 aliphatic rings. The number of halogens is 3. The van der Waals surface area contributed by atoms with Gasteiger partial charge < -0.3 is 24.8 Å². The minimum atomic E-state index is -2.05. The summed E-state index contributed by atoms with van der Waals surface area (Å²) in [6, 6.07) is 28.1. The van der Waals surface area contributed by atoms with Crippen LogP contribution in [-0.4, -0.2) is 8.07 Å². The van der Waals surface area contributed by atoms with Crippen LogP contribution < -0.4 is 35.2 Å². The Morgan fingerprint density at radius 3 is 1.80 bits per heavy atom. The standard InChI is InChI=1S/C44H48ClSi.2ClH.Zr/c1-25(2)33-23-29-24-35(42-38(39(29)41(33)46(42,10)11)28-14-18-31(19-15-28)44(7,8)9)37-26(3)22-34-32(20-21-36(45)40(34)37)27-12-16-30(17-13-27)43(4,5)6;;;/h12-25,37H,1-11H3;2*1H;/q-1;;;+3/p-2. The molecular formula is C44H48Cl3SiZr. The molecule has 1 heterocycles. The van der Waals surface area contributed by atoms with E-state index in [0.717, 1.165) is 5.02 Å². The molecule has 5 aromatic carbocycles. The Kier molecular flexibility index (Phi) is 11.1. The van der Waals surface area contributed by atoms with Crippen molar-refractivity contribution in [3.05, 3.63) is 117 Å². The van der Waals surface area contributed by atoms with E-state index in [1.807, 2.05) is 0 Å². The van der Waals surface area contributed by atoms with Gasteiger partial charge in [-0.3, -0.25) is 0 Å². The van der Waals surface area contributed by atoms with Gasteiger partial charge in [-0.25, -0.2) is 0 Å². The Bertz CT molecular complexity index is 2070. The van der Waals surface area contributed by atoms with E-state index in [0.29, 0.717) is 5.92 Å².